The van der Waals surface area contributed by atoms with Gasteiger partial charge in [-0.05, 0) is 74.0 Å². The van der Waals surface area contributed by atoms with E-state index in [1.165, 1.54) is 7.11 Å². The van der Waals surface area contributed by atoms with Crippen LogP contribution in [0.3, 0.4) is 0 Å². The fourth-order valence-corrected chi connectivity index (χ4v) is 11.0. The fraction of sp³-hybridized carbons (Fsp3) is 1.00. The third kappa shape index (κ3) is 5.21. The molecule has 0 spiro atoms. The Hall–Kier alpha value is -0.440. The highest BCUT2D eigenvalue weighted by molar-refractivity contribution is 5.24. The molecule has 4 aliphatic carbocycles. The minimum absolute atomic E-state index is 0.0900. The normalized spacial score (nSPS) is 53.8. The molecule has 1 saturated heterocycles. The third-order valence-electron chi connectivity index (χ3n) is 13.4. The molecule has 0 bridgehead atoms. The number of rotatable bonds is 9. The Balaban J connectivity index is 1.35. The molecular weight excluding hydrogens is 572 g/mol. The molecule has 5 fully saturated rings. The highest BCUT2D eigenvalue weighted by Gasteiger charge is 2.75. The zero-order valence-electron chi connectivity index (χ0n) is 27.1. The van der Waals surface area contributed by atoms with Gasteiger partial charge < -0.3 is 55.1 Å². The van der Waals surface area contributed by atoms with Crippen LogP contribution in [0.5, 0.6) is 0 Å². The molecule has 5 rings (SSSR count). The smallest absolute Gasteiger partial charge is 0.186 e. The molecule has 17 atom stereocenters. The Kier molecular flexibility index (Phi) is 9.94. The predicted octanol–water partition coefficient (Wildman–Crippen LogP) is 0.701. The van der Waals surface area contributed by atoms with Crippen LogP contribution < -0.4 is 0 Å². The third-order valence-corrected chi connectivity index (χ3v) is 13.4. The summed E-state index contributed by atoms with van der Waals surface area (Å²) in [6.45, 7) is 8.17. The first-order valence-corrected chi connectivity index (χ1v) is 16.9. The molecule has 44 heavy (non-hydrogen) atoms. The van der Waals surface area contributed by atoms with Crippen LogP contribution in [-0.2, 0) is 14.2 Å². The van der Waals surface area contributed by atoms with Gasteiger partial charge in [-0.1, -0.05) is 40.5 Å². The van der Waals surface area contributed by atoms with Crippen LogP contribution in [0, 0.1) is 40.4 Å². The van der Waals surface area contributed by atoms with Gasteiger partial charge in [0.25, 0.3) is 0 Å². The molecule has 0 amide bonds. The number of hydrogen-bond donors (Lipinski definition) is 8. The number of hydrogen-bond acceptors (Lipinski definition) is 11. The Morgan fingerprint density at radius 1 is 0.886 bits per heavy atom. The average molecular weight is 631 g/mol. The van der Waals surface area contributed by atoms with E-state index >= 15 is 0 Å². The zero-order valence-corrected chi connectivity index (χ0v) is 27.1. The van der Waals surface area contributed by atoms with Crippen LogP contribution in [0.4, 0.5) is 0 Å². The Morgan fingerprint density at radius 2 is 1.59 bits per heavy atom. The Bertz CT molecular complexity index is 1000. The quantitative estimate of drug-likeness (QED) is 0.168. The van der Waals surface area contributed by atoms with Crippen LogP contribution >= 0.6 is 0 Å². The first-order valence-electron chi connectivity index (χ1n) is 16.9. The first-order chi connectivity index (χ1) is 20.6. The van der Waals surface area contributed by atoms with Gasteiger partial charge in [0.2, 0.25) is 0 Å². The lowest BCUT2D eigenvalue weighted by molar-refractivity contribution is -0.340. The number of aliphatic hydroxyl groups excluding tert-OH is 6. The highest BCUT2D eigenvalue weighted by atomic mass is 16.7. The van der Waals surface area contributed by atoms with Crippen LogP contribution in [0.2, 0.25) is 0 Å². The van der Waals surface area contributed by atoms with Gasteiger partial charge in [0, 0.05) is 25.0 Å². The molecule has 1 aliphatic heterocycles. The maximum Gasteiger partial charge on any atom is 0.186 e. The molecule has 0 radical (unpaired) electrons. The highest BCUT2D eigenvalue weighted by Crippen LogP contribution is 2.70. The topological polar surface area (TPSA) is 190 Å². The van der Waals surface area contributed by atoms with E-state index in [4.69, 9.17) is 14.2 Å². The van der Waals surface area contributed by atoms with Crippen LogP contribution in [0.25, 0.3) is 0 Å². The van der Waals surface area contributed by atoms with Gasteiger partial charge in [-0.25, -0.2) is 0 Å². The second kappa shape index (κ2) is 12.5. The molecule has 11 nitrogen and oxygen atoms in total. The number of methoxy groups -OCH3 is 1. The summed E-state index contributed by atoms with van der Waals surface area (Å²) in [5.74, 6) is -0.860. The summed E-state index contributed by atoms with van der Waals surface area (Å²) in [6.07, 6.45) is -3.57. The van der Waals surface area contributed by atoms with E-state index in [0.717, 1.165) is 19.3 Å². The molecule has 0 aromatic heterocycles. The molecule has 11 heteroatoms. The summed E-state index contributed by atoms with van der Waals surface area (Å²) in [4.78, 5) is 0. The Labute approximate surface area is 261 Å². The summed E-state index contributed by atoms with van der Waals surface area (Å²) in [6, 6.07) is 0. The second-order valence-electron chi connectivity index (χ2n) is 15.7. The zero-order chi connectivity index (χ0) is 32.4. The maximum atomic E-state index is 12.6. The second-order valence-corrected chi connectivity index (χ2v) is 15.7. The standard InChI is InChI=1S/C33H58O11/c1-17(15-34)7-6-8-18(2)22-24(37)25(38)27-30(22,3)11-10-21-31(4)12-9-20(28(39)33(31,41)14-13-32(21,27)40)44-29-26(42-5)23(36)19(35)16-43-29/h17-29,34-41H,6-16H2,1-5H3/t17-,18+,19+,20-,21+,22-,23-,24+,25-,26+,27+,28-,29-,30+,31+,32-,33+/m0/s1. The summed E-state index contributed by atoms with van der Waals surface area (Å²) in [5, 5.41) is 89.5. The SMILES string of the molecule is CO[C@H]1[C@H](O[C@H]2CC[C@]3(C)[C@H]4CC[C@]5(C)[C@@H]([C@H](C)CCC[C@H](C)CO)[C@@H](O)[C@H](O)[C@H]5[C@]4(O)CC[C@@]3(O)[C@H]2O)OC[C@@H](O)[C@@H]1O. The van der Waals surface area contributed by atoms with Crippen LogP contribution in [-0.4, -0.2) is 121 Å². The summed E-state index contributed by atoms with van der Waals surface area (Å²) in [7, 11) is 1.38. The van der Waals surface area contributed by atoms with Crippen molar-refractivity contribution in [3.8, 4) is 0 Å². The van der Waals surface area contributed by atoms with Crippen molar-refractivity contribution in [2.45, 2.75) is 146 Å². The molecule has 5 aliphatic rings. The molecule has 0 aromatic carbocycles. The Morgan fingerprint density at radius 3 is 2.25 bits per heavy atom. The average Bonchev–Trinajstić information content (AvgIpc) is 3.19. The van der Waals surface area contributed by atoms with Crippen molar-refractivity contribution in [1.82, 2.24) is 0 Å². The van der Waals surface area contributed by atoms with Crippen molar-refractivity contribution in [1.29, 1.82) is 0 Å². The monoisotopic (exact) mass is 630 g/mol. The van der Waals surface area contributed by atoms with Crippen molar-refractivity contribution in [3.05, 3.63) is 0 Å². The fourth-order valence-electron chi connectivity index (χ4n) is 11.0. The van der Waals surface area contributed by atoms with E-state index in [0.29, 0.717) is 25.7 Å². The molecule has 4 saturated carbocycles. The molecule has 0 unspecified atom stereocenters. The lowest BCUT2D eigenvalue weighted by Gasteiger charge is -2.68. The van der Waals surface area contributed by atoms with Crippen LogP contribution in [0.1, 0.15) is 85.5 Å². The van der Waals surface area contributed by atoms with E-state index in [9.17, 15) is 40.9 Å². The lowest BCUT2D eigenvalue weighted by atomic mass is 9.40. The summed E-state index contributed by atoms with van der Waals surface area (Å²) >= 11 is 0. The predicted molar refractivity (Wildman–Crippen MR) is 159 cm³/mol. The molecule has 0 aromatic rings. The molecular formula is C33H58O11. The molecule has 8 N–H and O–H groups in total. The van der Waals surface area contributed by atoms with Gasteiger partial charge in [-0.15, -0.1) is 0 Å². The van der Waals surface area contributed by atoms with Gasteiger partial charge in [0.1, 0.15) is 24.4 Å². The summed E-state index contributed by atoms with van der Waals surface area (Å²) < 4.78 is 17.1. The molecule has 1 heterocycles. The first kappa shape index (κ1) is 34.9. The summed E-state index contributed by atoms with van der Waals surface area (Å²) in [5.41, 5.74) is -4.32. The van der Waals surface area contributed by atoms with E-state index < -0.39 is 82.9 Å². The van der Waals surface area contributed by atoms with E-state index in [1.54, 1.807) is 0 Å². The van der Waals surface area contributed by atoms with Gasteiger partial charge in [0.15, 0.2) is 6.29 Å². The van der Waals surface area contributed by atoms with E-state index in [1.807, 2.05) is 13.8 Å². The van der Waals surface area contributed by atoms with E-state index in [-0.39, 0.29) is 43.8 Å². The van der Waals surface area contributed by atoms with Crippen molar-refractivity contribution < 1.29 is 55.1 Å². The number of ether oxygens (including phenoxy) is 3. The van der Waals surface area contributed by atoms with Gasteiger partial charge in [-0.3, -0.25) is 0 Å². The van der Waals surface area contributed by atoms with Crippen LogP contribution in [0.15, 0.2) is 0 Å². The van der Waals surface area contributed by atoms with Gasteiger partial charge in [0.05, 0.1) is 36.1 Å². The minimum atomic E-state index is -1.59. The van der Waals surface area contributed by atoms with Gasteiger partial charge in [-0.2, -0.15) is 0 Å². The lowest BCUT2D eigenvalue weighted by Crippen LogP contribution is -2.75. The van der Waals surface area contributed by atoms with Crippen molar-refractivity contribution in [3.63, 3.8) is 0 Å². The van der Waals surface area contributed by atoms with Gasteiger partial charge >= 0.3 is 0 Å². The van der Waals surface area contributed by atoms with Crippen molar-refractivity contribution in [2.75, 3.05) is 20.3 Å². The number of aliphatic hydroxyl groups is 8. The number of fused-ring (bicyclic) bond motifs is 5. The molecule has 256 valence electrons. The van der Waals surface area contributed by atoms with Crippen molar-refractivity contribution >= 4 is 0 Å². The maximum absolute atomic E-state index is 12.6. The van der Waals surface area contributed by atoms with Crippen molar-refractivity contribution in [2.24, 2.45) is 40.4 Å². The van der Waals surface area contributed by atoms with E-state index in [2.05, 4.69) is 13.8 Å². The largest absolute Gasteiger partial charge is 0.396 e. The minimum Gasteiger partial charge on any atom is -0.396 e.